The molecule has 0 aromatic heterocycles. The SMILES string of the molecule is CC1CCC(CNC(C)C)(CN(CCO)C2CC2)CC1. The van der Waals surface area contributed by atoms with Crippen LogP contribution < -0.4 is 5.32 Å². The van der Waals surface area contributed by atoms with E-state index in [1.807, 2.05) is 0 Å². The number of aliphatic hydroxyl groups is 1. The van der Waals surface area contributed by atoms with Crippen molar-refractivity contribution in [3.05, 3.63) is 0 Å². The van der Waals surface area contributed by atoms with Crippen LogP contribution in [0.4, 0.5) is 0 Å². The zero-order valence-corrected chi connectivity index (χ0v) is 13.7. The van der Waals surface area contributed by atoms with Crippen LogP contribution in [0.25, 0.3) is 0 Å². The summed E-state index contributed by atoms with van der Waals surface area (Å²) in [4.78, 5) is 2.57. The Labute approximate surface area is 125 Å². The predicted octanol–water partition coefficient (Wildman–Crippen LogP) is 2.64. The van der Waals surface area contributed by atoms with Crippen molar-refractivity contribution >= 4 is 0 Å². The molecule has 0 amide bonds. The molecule has 0 spiro atoms. The maximum absolute atomic E-state index is 9.33. The van der Waals surface area contributed by atoms with Gasteiger partial charge in [0.15, 0.2) is 0 Å². The Hall–Kier alpha value is -0.120. The molecule has 0 atom stereocenters. The monoisotopic (exact) mass is 282 g/mol. The number of rotatable bonds is 8. The molecule has 3 heteroatoms. The lowest BCUT2D eigenvalue weighted by Crippen LogP contribution is -2.48. The maximum Gasteiger partial charge on any atom is 0.0558 e. The Bertz CT molecular complexity index is 281. The topological polar surface area (TPSA) is 35.5 Å². The van der Waals surface area contributed by atoms with Crippen molar-refractivity contribution in [3.8, 4) is 0 Å². The van der Waals surface area contributed by atoms with Crippen LogP contribution in [0.5, 0.6) is 0 Å². The van der Waals surface area contributed by atoms with Gasteiger partial charge in [-0.15, -0.1) is 0 Å². The molecule has 0 bridgehead atoms. The molecule has 2 aliphatic carbocycles. The molecule has 2 rings (SSSR count). The van der Waals surface area contributed by atoms with E-state index in [1.165, 1.54) is 45.1 Å². The van der Waals surface area contributed by atoms with Gasteiger partial charge in [-0.2, -0.15) is 0 Å². The van der Waals surface area contributed by atoms with Crippen LogP contribution in [0.15, 0.2) is 0 Å². The number of aliphatic hydroxyl groups excluding tert-OH is 1. The molecular weight excluding hydrogens is 248 g/mol. The van der Waals surface area contributed by atoms with Gasteiger partial charge >= 0.3 is 0 Å². The molecule has 2 saturated carbocycles. The zero-order chi connectivity index (χ0) is 14.6. The number of hydrogen-bond donors (Lipinski definition) is 2. The first-order valence-corrected chi connectivity index (χ1v) is 8.63. The van der Waals surface area contributed by atoms with Gasteiger partial charge in [-0.25, -0.2) is 0 Å². The van der Waals surface area contributed by atoms with Crippen molar-refractivity contribution < 1.29 is 5.11 Å². The highest BCUT2D eigenvalue weighted by atomic mass is 16.3. The summed E-state index contributed by atoms with van der Waals surface area (Å²) in [5.74, 6) is 0.898. The van der Waals surface area contributed by atoms with E-state index in [9.17, 15) is 5.11 Å². The Morgan fingerprint density at radius 3 is 2.35 bits per heavy atom. The predicted molar refractivity (Wildman–Crippen MR) is 84.9 cm³/mol. The average Bonchev–Trinajstić information content (AvgIpc) is 3.24. The summed E-state index contributed by atoms with van der Waals surface area (Å²) in [6.45, 7) is 10.4. The normalized spacial score (nSPS) is 31.2. The van der Waals surface area contributed by atoms with Crippen molar-refractivity contribution in [2.75, 3.05) is 26.2 Å². The van der Waals surface area contributed by atoms with Gasteiger partial charge in [0.1, 0.15) is 0 Å². The lowest BCUT2D eigenvalue weighted by Gasteiger charge is -2.43. The van der Waals surface area contributed by atoms with E-state index in [2.05, 4.69) is 31.0 Å². The fraction of sp³-hybridized carbons (Fsp3) is 1.00. The van der Waals surface area contributed by atoms with Crippen LogP contribution in [0.3, 0.4) is 0 Å². The number of nitrogens with zero attached hydrogens (tertiary/aromatic N) is 1. The molecule has 0 aromatic rings. The van der Waals surface area contributed by atoms with Crippen molar-refractivity contribution in [1.82, 2.24) is 10.2 Å². The fourth-order valence-electron chi connectivity index (χ4n) is 3.58. The van der Waals surface area contributed by atoms with Crippen LogP contribution >= 0.6 is 0 Å². The second kappa shape index (κ2) is 7.24. The summed E-state index contributed by atoms with van der Waals surface area (Å²) < 4.78 is 0. The Morgan fingerprint density at radius 2 is 1.85 bits per heavy atom. The molecule has 118 valence electrons. The summed E-state index contributed by atoms with van der Waals surface area (Å²) in [6, 6.07) is 1.33. The van der Waals surface area contributed by atoms with Gasteiger partial charge in [0.05, 0.1) is 6.61 Å². The van der Waals surface area contributed by atoms with E-state index in [0.29, 0.717) is 18.1 Å². The van der Waals surface area contributed by atoms with Gasteiger partial charge in [-0.1, -0.05) is 33.6 Å². The molecule has 3 nitrogen and oxygen atoms in total. The Balaban J connectivity index is 1.97. The van der Waals surface area contributed by atoms with Gasteiger partial charge in [-0.3, -0.25) is 4.90 Å². The minimum atomic E-state index is 0.306. The largest absolute Gasteiger partial charge is 0.395 e. The molecule has 0 heterocycles. The van der Waals surface area contributed by atoms with E-state index in [4.69, 9.17) is 0 Å². The average molecular weight is 282 g/mol. The van der Waals surface area contributed by atoms with Gasteiger partial charge in [-0.05, 0) is 37.0 Å². The van der Waals surface area contributed by atoms with Crippen LogP contribution in [0, 0.1) is 11.3 Å². The first-order valence-electron chi connectivity index (χ1n) is 8.63. The summed E-state index contributed by atoms with van der Waals surface area (Å²) >= 11 is 0. The standard InChI is InChI=1S/C17H34N2O/c1-14(2)18-12-17(8-6-15(3)7-9-17)13-19(10-11-20)16-4-5-16/h14-16,18,20H,4-13H2,1-3H3. The molecule has 20 heavy (non-hydrogen) atoms. The van der Waals surface area contributed by atoms with E-state index < -0.39 is 0 Å². The molecule has 0 saturated heterocycles. The van der Waals surface area contributed by atoms with E-state index >= 15 is 0 Å². The van der Waals surface area contributed by atoms with E-state index in [-0.39, 0.29) is 0 Å². The first-order chi connectivity index (χ1) is 9.54. The van der Waals surface area contributed by atoms with Crippen LogP contribution in [-0.2, 0) is 0 Å². The molecule has 0 aromatic carbocycles. The molecule has 0 unspecified atom stereocenters. The second-order valence-corrected chi connectivity index (χ2v) is 7.64. The number of nitrogens with one attached hydrogen (secondary N) is 1. The summed E-state index contributed by atoms with van der Waals surface area (Å²) in [7, 11) is 0. The third-order valence-corrected chi connectivity index (χ3v) is 5.21. The summed E-state index contributed by atoms with van der Waals surface area (Å²) in [5, 5.41) is 13.0. The third-order valence-electron chi connectivity index (χ3n) is 5.21. The Kier molecular flexibility index (Phi) is 5.88. The summed E-state index contributed by atoms with van der Waals surface area (Å²) in [5.41, 5.74) is 0.439. The van der Waals surface area contributed by atoms with Gasteiger partial charge in [0, 0.05) is 31.7 Å². The van der Waals surface area contributed by atoms with Crippen molar-refractivity contribution in [2.24, 2.45) is 11.3 Å². The molecule has 0 aliphatic heterocycles. The highest BCUT2D eigenvalue weighted by Gasteiger charge is 2.39. The molecular formula is C17H34N2O. The van der Waals surface area contributed by atoms with E-state index in [0.717, 1.165) is 25.0 Å². The van der Waals surface area contributed by atoms with Crippen molar-refractivity contribution in [3.63, 3.8) is 0 Å². The zero-order valence-electron chi connectivity index (χ0n) is 13.7. The minimum absolute atomic E-state index is 0.306. The van der Waals surface area contributed by atoms with Crippen molar-refractivity contribution in [2.45, 2.75) is 71.4 Å². The highest BCUT2D eigenvalue weighted by Crippen LogP contribution is 2.41. The molecule has 2 aliphatic rings. The molecule has 2 N–H and O–H groups in total. The van der Waals surface area contributed by atoms with Gasteiger partial charge in [0.2, 0.25) is 0 Å². The van der Waals surface area contributed by atoms with Crippen LogP contribution in [0.1, 0.15) is 59.3 Å². The van der Waals surface area contributed by atoms with Crippen LogP contribution in [-0.4, -0.2) is 48.3 Å². The quantitative estimate of drug-likeness (QED) is 0.718. The highest BCUT2D eigenvalue weighted by molar-refractivity contribution is 4.94. The molecule has 2 fully saturated rings. The van der Waals surface area contributed by atoms with Gasteiger partial charge in [0.25, 0.3) is 0 Å². The molecule has 0 radical (unpaired) electrons. The first kappa shape index (κ1) is 16.3. The number of hydrogen-bond acceptors (Lipinski definition) is 3. The van der Waals surface area contributed by atoms with Gasteiger partial charge < -0.3 is 10.4 Å². The minimum Gasteiger partial charge on any atom is -0.395 e. The lowest BCUT2D eigenvalue weighted by atomic mass is 9.70. The maximum atomic E-state index is 9.33. The lowest BCUT2D eigenvalue weighted by molar-refractivity contribution is 0.0699. The smallest absolute Gasteiger partial charge is 0.0558 e. The fourth-order valence-corrected chi connectivity index (χ4v) is 3.58. The van der Waals surface area contributed by atoms with Crippen LogP contribution in [0.2, 0.25) is 0 Å². The summed E-state index contributed by atoms with van der Waals surface area (Å²) in [6.07, 6.45) is 8.12. The van der Waals surface area contributed by atoms with Crippen molar-refractivity contribution in [1.29, 1.82) is 0 Å². The second-order valence-electron chi connectivity index (χ2n) is 7.64. The Morgan fingerprint density at radius 1 is 1.20 bits per heavy atom. The third kappa shape index (κ3) is 4.71. The van der Waals surface area contributed by atoms with E-state index in [1.54, 1.807) is 0 Å².